The van der Waals surface area contributed by atoms with Crippen molar-refractivity contribution in [3.63, 3.8) is 0 Å². The molecule has 2 fully saturated rings. The minimum absolute atomic E-state index is 0.0584. The highest BCUT2D eigenvalue weighted by Gasteiger charge is 2.37. The molecule has 0 aliphatic carbocycles. The van der Waals surface area contributed by atoms with Crippen molar-refractivity contribution in [3.8, 4) is 0 Å². The Morgan fingerprint density at radius 1 is 1.18 bits per heavy atom. The van der Waals surface area contributed by atoms with Crippen molar-refractivity contribution in [1.29, 1.82) is 0 Å². The van der Waals surface area contributed by atoms with Gasteiger partial charge in [0.1, 0.15) is 6.54 Å². The number of nitrogens with zero attached hydrogens (tertiary/aromatic N) is 2. The summed E-state index contributed by atoms with van der Waals surface area (Å²) in [6.45, 7) is 1.96. The van der Waals surface area contributed by atoms with Gasteiger partial charge in [-0.05, 0) is 37.9 Å². The van der Waals surface area contributed by atoms with Gasteiger partial charge in [0.15, 0.2) is 0 Å². The standard InChI is InChI=1S/C16H20N4O2/c21-15(20-11-5-6-12(20)9-17-8-7-11)10-19-14-4-2-1-3-13(14)18-16(19)22/h1-4,11-12,17H,5-10H2,(H,18,22). The summed E-state index contributed by atoms with van der Waals surface area (Å²) in [5, 5.41) is 3.39. The molecule has 6 heteroatoms. The summed E-state index contributed by atoms with van der Waals surface area (Å²) < 4.78 is 1.55. The highest BCUT2D eigenvalue weighted by atomic mass is 16.2. The van der Waals surface area contributed by atoms with E-state index < -0.39 is 0 Å². The van der Waals surface area contributed by atoms with Gasteiger partial charge in [0, 0.05) is 18.6 Å². The highest BCUT2D eigenvalue weighted by molar-refractivity contribution is 5.81. The van der Waals surface area contributed by atoms with Gasteiger partial charge in [-0.3, -0.25) is 9.36 Å². The molecule has 0 spiro atoms. The van der Waals surface area contributed by atoms with Crippen LogP contribution in [0.15, 0.2) is 29.1 Å². The van der Waals surface area contributed by atoms with Crippen molar-refractivity contribution in [2.45, 2.75) is 37.9 Å². The lowest BCUT2D eigenvalue weighted by atomic mass is 10.1. The monoisotopic (exact) mass is 300 g/mol. The lowest BCUT2D eigenvalue weighted by Gasteiger charge is -2.28. The summed E-state index contributed by atoms with van der Waals surface area (Å²) in [6.07, 6.45) is 3.15. The number of benzene rings is 1. The van der Waals surface area contributed by atoms with E-state index in [4.69, 9.17) is 0 Å². The number of rotatable bonds is 2. The van der Waals surface area contributed by atoms with E-state index in [9.17, 15) is 9.59 Å². The summed E-state index contributed by atoms with van der Waals surface area (Å²) in [4.78, 5) is 29.8. The van der Waals surface area contributed by atoms with Gasteiger partial charge in [-0.15, -0.1) is 0 Å². The number of fused-ring (bicyclic) bond motifs is 3. The molecule has 2 aromatic rings. The maximum atomic E-state index is 12.8. The van der Waals surface area contributed by atoms with Crippen molar-refractivity contribution in [1.82, 2.24) is 19.8 Å². The third kappa shape index (κ3) is 2.14. The lowest BCUT2D eigenvalue weighted by molar-refractivity contribution is -0.134. The quantitative estimate of drug-likeness (QED) is 0.857. The van der Waals surface area contributed by atoms with E-state index in [1.807, 2.05) is 29.2 Å². The number of nitrogens with one attached hydrogen (secondary N) is 2. The predicted molar refractivity (Wildman–Crippen MR) is 83.7 cm³/mol. The molecule has 2 unspecified atom stereocenters. The average Bonchev–Trinajstić information content (AvgIpc) is 2.95. The van der Waals surface area contributed by atoms with Gasteiger partial charge in [-0.1, -0.05) is 12.1 Å². The second-order valence-corrected chi connectivity index (χ2v) is 6.21. The van der Waals surface area contributed by atoms with Crippen LogP contribution in [0.25, 0.3) is 11.0 Å². The number of imidazole rings is 1. The van der Waals surface area contributed by atoms with E-state index >= 15 is 0 Å². The first kappa shape index (κ1) is 13.6. The molecular weight excluding hydrogens is 280 g/mol. The maximum absolute atomic E-state index is 12.8. The molecule has 116 valence electrons. The molecule has 2 saturated heterocycles. The maximum Gasteiger partial charge on any atom is 0.326 e. The Morgan fingerprint density at radius 2 is 2.00 bits per heavy atom. The van der Waals surface area contributed by atoms with Gasteiger partial charge in [0.25, 0.3) is 0 Å². The molecule has 3 heterocycles. The molecular formula is C16H20N4O2. The zero-order valence-electron chi connectivity index (χ0n) is 12.4. The van der Waals surface area contributed by atoms with Crippen molar-refractivity contribution in [2.24, 2.45) is 0 Å². The van der Waals surface area contributed by atoms with Crippen LogP contribution in [0, 0.1) is 0 Å². The van der Waals surface area contributed by atoms with Crippen LogP contribution in [0.1, 0.15) is 19.3 Å². The van der Waals surface area contributed by atoms with Crippen LogP contribution in [-0.4, -0.2) is 45.5 Å². The van der Waals surface area contributed by atoms with Gasteiger partial charge in [-0.2, -0.15) is 0 Å². The van der Waals surface area contributed by atoms with Gasteiger partial charge in [-0.25, -0.2) is 4.79 Å². The summed E-state index contributed by atoms with van der Waals surface area (Å²) in [7, 11) is 0. The summed E-state index contributed by atoms with van der Waals surface area (Å²) in [5.74, 6) is 0.0584. The molecule has 2 N–H and O–H groups in total. The van der Waals surface area contributed by atoms with E-state index in [0.29, 0.717) is 6.04 Å². The number of aromatic amines is 1. The summed E-state index contributed by atoms with van der Waals surface area (Å²) in [5.41, 5.74) is 1.36. The van der Waals surface area contributed by atoms with E-state index in [-0.39, 0.29) is 24.2 Å². The number of carbonyl (C=O) groups excluding carboxylic acids is 1. The first-order valence-electron chi connectivity index (χ1n) is 7.93. The molecule has 22 heavy (non-hydrogen) atoms. The number of amides is 1. The molecule has 2 aliphatic rings. The van der Waals surface area contributed by atoms with Crippen LogP contribution in [0.4, 0.5) is 0 Å². The van der Waals surface area contributed by atoms with Crippen LogP contribution in [0.3, 0.4) is 0 Å². The highest BCUT2D eigenvalue weighted by Crippen LogP contribution is 2.28. The first-order chi connectivity index (χ1) is 10.7. The minimum atomic E-state index is -0.213. The van der Waals surface area contributed by atoms with Crippen LogP contribution < -0.4 is 11.0 Å². The zero-order valence-corrected chi connectivity index (χ0v) is 12.4. The molecule has 0 saturated carbocycles. The molecule has 1 amide bonds. The van der Waals surface area contributed by atoms with Gasteiger partial charge in [0.05, 0.1) is 11.0 Å². The van der Waals surface area contributed by atoms with Gasteiger partial charge >= 0.3 is 5.69 Å². The van der Waals surface area contributed by atoms with Crippen molar-refractivity contribution in [2.75, 3.05) is 13.1 Å². The molecule has 0 radical (unpaired) electrons. The van der Waals surface area contributed by atoms with Gasteiger partial charge < -0.3 is 15.2 Å². The van der Waals surface area contributed by atoms with Crippen LogP contribution >= 0.6 is 0 Å². The number of hydrogen-bond acceptors (Lipinski definition) is 3. The number of carbonyl (C=O) groups is 1. The number of aromatic nitrogens is 2. The Bertz CT molecular complexity index is 749. The van der Waals surface area contributed by atoms with Crippen LogP contribution in [0.5, 0.6) is 0 Å². The Labute approximate surface area is 128 Å². The second-order valence-electron chi connectivity index (χ2n) is 6.21. The van der Waals surface area contributed by atoms with Gasteiger partial charge in [0.2, 0.25) is 5.91 Å². The van der Waals surface area contributed by atoms with E-state index in [2.05, 4.69) is 10.3 Å². The zero-order chi connectivity index (χ0) is 15.1. The number of hydrogen-bond donors (Lipinski definition) is 2. The average molecular weight is 300 g/mol. The predicted octanol–water partition coefficient (Wildman–Crippen LogP) is 0.682. The topological polar surface area (TPSA) is 70.1 Å². The summed E-state index contributed by atoms with van der Waals surface area (Å²) >= 11 is 0. The molecule has 4 rings (SSSR count). The van der Waals surface area contributed by atoms with Crippen molar-refractivity contribution >= 4 is 16.9 Å². The largest absolute Gasteiger partial charge is 0.334 e. The third-order valence-electron chi connectivity index (χ3n) is 4.92. The third-order valence-corrected chi connectivity index (χ3v) is 4.92. The fraction of sp³-hybridized carbons (Fsp3) is 0.500. The van der Waals surface area contributed by atoms with Crippen molar-refractivity contribution < 1.29 is 4.79 Å². The van der Waals surface area contributed by atoms with E-state index in [1.54, 1.807) is 4.57 Å². The molecule has 6 nitrogen and oxygen atoms in total. The Morgan fingerprint density at radius 3 is 2.91 bits per heavy atom. The van der Waals surface area contributed by atoms with E-state index in [1.165, 1.54) is 0 Å². The molecule has 2 aliphatic heterocycles. The van der Waals surface area contributed by atoms with Crippen LogP contribution in [0.2, 0.25) is 0 Å². The number of para-hydroxylation sites is 2. The molecule has 2 bridgehead atoms. The Hall–Kier alpha value is -2.08. The molecule has 1 aromatic heterocycles. The molecule has 2 atom stereocenters. The Kier molecular flexibility index (Phi) is 3.26. The summed E-state index contributed by atoms with van der Waals surface area (Å²) in [6, 6.07) is 8.10. The fourth-order valence-electron chi connectivity index (χ4n) is 3.87. The second kappa shape index (κ2) is 5.28. The first-order valence-corrected chi connectivity index (χ1v) is 7.93. The number of H-pyrrole nitrogens is 1. The smallest absolute Gasteiger partial charge is 0.326 e. The fourth-order valence-corrected chi connectivity index (χ4v) is 3.87. The van der Waals surface area contributed by atoms with Crippen molar-refractivity contribution in [3.05, 3.63) is 34.7 Å². The lowest BCUT2D eigenvalue weighted by Crippen LogP contribution is -2.44. The normalized spacial score (nSPS) is 24.6. The Balaban J connectivity index is 1.64. The van der Waals surface area contributed by atoms with E-state index in [0.717, 1.165) is 43.4 Å². The SMILES string of the molecule is O=C(Cn1c(=O)[nH]c2ccccc21)N1C2CCNCC1CC2. The molecule has 1 aromatic carbocycles. The van der Waals surface area contributed by atoms with Crippen LogP contribution in [-0.2, 0) is 11.3 Å². The minimum Gasteiger partial charge on any atom is -0.334 e.